The Morgan fingerprint density at radius 1 is 1.05 bits per heavy atom. The van der Waals surface area contributed by atoms with Crippen LogP contribution in [0.1, 0.15) is 66.6 Å². The molecule has 202 valence electrons. The number of fused-ring (bicyclic) bond motifs is 1. The number of ether oxygens (including phenoxy) is 2. The molecule has 0 aliphatic heterocycles. The lowest BCUT2D eigenvalue weighted by Crippen LogP contribution is -2.18. The number of nitrogens with zero attached hydrogens (tertiary/aromatic N) is 3. The van der Waals surface area contributed by atoms with E-state index in [-0.39, 0.29) is 17.8 Å². The topological polar surface area (TPSA) is 78.3 Å². The van der Waals surface area contributed by atoms with Crippen LogP contribution in [0.25, 0.3) is 22.2 Å². The number of benzene rings is 2. The SMILES string of the molecule is COc1cc(-c2nc(NC(=O)c3cc4ccccc4n3C)ncc2C(C)C=C2CCCCC2)c(OC)cc1C. The van der Waals surface area contributed by atoms with Gasteiger partial charge in [0.05, 0.1) is 19.9 Å². The van der Waals surface area contributed by atoms with Crippen molar-refractivity contribution < 1.29 is 14.3 Å². The number of rotatable bonds is 7. The zero-order chi connectivity index (χ0) is 27.5. The fourth-order valence-corrected chi connectivity index (χ4v) is 5.52. The van der Waals surface area contributed by atoms with Crippen molar-refractivity contribution >= 4 is 22.8 Å². The zero-order valence-corrected chi connectivity index (χ0v) is 23.4. The summed E-state index contributed by atoms with van der Waals surface area (Å²) in [5.74, 6) is 1.50. The van der Waals surface area contributed by atoms with Gasteiger partial charge in [-0.2, -0.15) is 0 Å². The van der Waals surface area contributed by atoms with Gasteiger partial charge in [0.15, 0.2) is 0 Å². The van der Waals surface area contributed by atoms with Crippen LogP contribution in [0, 0.1) is 6.92 Å². The van der Waals surface area contributed by atoms with Gasteiger partial charge in [-0.15, -0.1) is 0 Å². The fourth-order valence-electron chi connectivity index (χ4n) is 5.52. The second kappa shape index (κ2) is 11.3. The van der Waals surface area contributed by atoms with Crippen LogP contribution in [-0.4, -0.2) is 34.7 Å². The lowest BCUT2D eigenvalue weighted by molar-refractivity contribution is 0.101. The lowest BCUT2D eigenvalue weighted by atomic mass is 9.89. The number of aryl methyl sites for hydroxylation is 2. The molecule has 1 aliphatic rings. The summed E-state index contributed by atoms with van der Waals surface area (Å²) < 4.78 is 13.3. The number of para-hydroxylation sites is 1. The molecule has 0 spiro atoms. The predicted molar refractivity (Wildman–Crippen MR) is 156 cm³/mol. The second-order valence-corrected chi connectivity index (χ2v) is 10.3. The zero-order valence-electron chi connectivity index (χ0n) is 23.4. The molecule has 5 rings (SSSR count). The molecule has 2 aromatic carbocycles. The number of aromatic nitrogens is 3. The van der Waals surface area contributed by atoms with E-state index in [0.717, 1.165) is 46.2 Å². The summed E-state index contributed by atoms with van der Waals surface area (Å²) >= 11 is 0. The molecule has 1 amide bonds. The molecule has 0 radical (unpaired) electrons. The molecule has 1 saturated carbocycles. The third-order valence-electron chi connectivity index (χ3n) is 7.67. The molecule has 1 atom stereocenters. The molecule has 2 aromatic heterocycles. The first-order chi connectivity index (χ1) is 18.9. The van der Waals surface area contributed by atoms with Crippen molar-refractivity contribution in [1.29, 1.82) is 0 Å². The molecule has 0 bridgehead atoms. The van der Waals surface area contributed by atoms with Crippen molar-refractivity contribution in [1.82, 2.24) is 14.5 Å². The van der Waals surface area contributed by atoms with Crippen molar-refractivity contribution in [3.05, 3.63) is 77.1 Å². The Morgan fingerprint density at radius 2 is 1.79 bits per heavy atom. The number of hydrogen-bond acceptors (Lipinski definition) is 5. The van der Waals surface area contributed by atoms with E-state index in [4.69, 9.17) is 14.5 Å². The van der Waals surface area contributed by atoms with Crippen molar-refractivity contribution in [2.24, 2.45) is 7.05 Å². The Kier molecular flexibility index (Phi) is 7.68. The smallest absolute Gasteiger partial charge is 0.274 e. The van der Waals surface area contributed by atoms with Gasteiger partial charge in [0.2, 0.25) is 5.95 Å². The van der Waals surface area contributed by atoms with Gasteiger partial charge in [0, 0.05) is 41.2 Å². The van der Waals surface area contributed by atoms with Gasteiger partial charge in [-0.05, 0) is 62.4 Å². The molecular weight excluding hydrogens is 488 g/mol. The number of nitrogens with one attached hydrogen (secondary N) is 1. The number of methoxy groups -OCH3 is 2. The average Bonchev–Trinajstić information content (AvgIpc) is 3.29. The molecule has 1 fully saturated rings. The van der Waals surface area contributed by atoms with E-state index in [0.29, 0.717) is 17.1 Å². The first-order valence-corrected chi connectivity index (χ1v) is 13.5. The molecule has 1 N–H and O–H groups in total. The van der Waals surface area contributed by atoms with Crippen LogP contribution in [0.15, 0.2) is 60.3 Å². The Labute approximate surface area is 229 Å². The summed E-state index contributed by atoms with van der Waals surface area (Å²) in [6.07, 6.45) is 10.2. The van der Waals surface area contributed by atoms with Gasteiger partial charge < -0.3 is 14.0 Å². The standard InChI is InChI=1S/C32H36N4O3/c1-20(15-22-11-7-6-8-12-22)25-19-33-32(34-30(25)24-18-28(38-4)21(2)16-29(24)39-5)35-31(37)27-17-23-13-9-10-14-26(23)36(27)3/h9-10,13-20H,6-8,11-12H2,1-5H3,(H,33,34,35,37). The minimum absolute atomic E-state index is 0.0908. The largest absolute Gasteiger partial charge is 0.496 e. The van der Waals surface area contributed by atoms with Crippen molar-refractivity contribution in [2.75, 3.05) is 19.5 Å². The summed E-state index contributed by atoms with van der Waals surface area (Å²) in [7, 11) is 5.20. The third kappa shape index (κ3) is 5.39. The predicted octanol–water partition coefficient (Wildman–Crippen LogP) is 7.21. The molecule has 0 saturated heterocycles. The van der Waals surface area contributed by atoms with E-state index in [1.807, 2.05) is 67.2 Å². The van der Waals surface area contributed by atoms with Crippen molar-refractivity contribution in [3.63, 3.8) is 0 Å². The number of anilines is 1. The minimum atomic E-state index is -0.266. The summed E-state index contributed by atoms with van der Waals surface area (Å²) in [5.41, 5.74) is 6.46. The van der Waals surface area contributed by atoms with E-state index in [9.17, 15) is 4.79 Å². The summed E-state index contributed by atoms with van der Waals surface area (Å²) in [6.45, 7) is 4.16. The van der Waals surface area contributed by atoms with Gasteiger partial charge in [-0.25, -0.2) is 9.97 Å². The second-order valence-electron chi connectivity index (χ2n) is 10.3. The number of amides is 1. The quantitative estimate of drug-likeness (QED) is 0.259. The van der Waals surface area contributed by atoms with Gasteiger partial charge in [-0.3, -0.25) is 10.1 Å². The Hall–Kier alpha value is -4.13. The summed E-state index contributed by atoms with van der Waals surface area (Å²) in [5, 5.41) is 3.93. The normalized spacial score (nSPS) is 14.2. The Morgan fingerprint density at radius 3 is 2.51 bits per heavy atom. The number of allylic oxidation sites excluding steroid dienone is 2. The summed E-state index contributed by atoms with van der Waals surface area (Å²) in [4.78, 5) is 22.8. The van der Waals surface area contributed by atoms with Crippen LogP contribution in [-0.2, 0) is 7.05 Å². The third-order valence-corrected chi connectivity index (χ3v) is 7.67. The highest BCUT2D eigenvalue weighted by atomic mass is 16.5. The number of carbonyl (C=O) groups excluding carboxylic acids is 1. The monoisotopic (exact) mass is 524 g/mol. The highest BCUT2D eigenvalue weighted by Crippen LogP contribution is 2.39. The first-order valence-electron chi connectivity index (χ1n) is 13.5. The lowest BCUT2D eigenvalue weighted by Gasteiger charge is -2.20. The summed E-state index contributed by atoms with van der Waals surface area (Å²) in [6, 6.07) is 13.7. The molecule has 2 heterocycles. The molecular formula is C32H36N4O3. The van der Waals surface area contributed by atoms with Crippen LogP contribution in [0.3, 0.4) is 0 Å². The van der Waals surface area contributed by atoms with Gasteiger partial charge in [0.1, 0.15) is 17.2 Å². The van der Waals surface area contributed by atoms with Gasteiger partial charge in [-0.1, -0.05) is 43.2 Å². The first kappa shape index (κ1) is 26.5. The minimum Gasteiger partial charge on any atom is -0.496 e. The fraction of sp³-hybridized carbons (Fsp3) is 0.344. The van der Waals surface area contributed by atoms with E-state index < -0.39 is 0 Å². The molecule has 1 aliphatic carbocycles. The highest BCUT2D eigenvalue weighted by molar-refractivity contribution is 6.05. The molecule has 7 heteroatoms. The van der Waals surface area contributed by atoms with E-state index >= 15 is 0 Å². The number of carbonyl (C=O) groups is 1. The molecule has 4 aromatic rings. The number of hydrogen-bond donors (Lipinski definition) is 1. The van der Waals surface area contributed by atoms with Crippen LogP contribution in [0.4, 0.5) is 5.95 Å². The molecule has 1 unspecified atom stereocenters. The maximum Gasteiger partial charge on any atom is 0.274 e. The maximum absolute atomic E-state index is 13.3. The maximum atomic E-state index is 13.3. The van der Waals surface area contributed by atoms with Gasteiger partial charge in [0.25, 0.3) is 5.91 Å². The molecule has 7 nitrogen and oxygen atoms in total. The highest BCUT2D eigenvalue weighted by Gasteiger charge is 2.22. The average molecular weight is 525 g/mol. The van der Waals surface area contributed by atoms with Crippen LogP contribution in [0.2, 0.25) is 0 Å². The molecule has 39 heavy (non-hydrogen) atoms. The van der Waals surface area contributed by atoms with Gasteiger partial charge >= 0.3 is 0 Å². The van der Waals surface area contributed by atoms with Crippen LogP contribution < -0.4 is 14.8 Å². The van der Waals surface area contributed by atoms with Crippen LogP contribution >= 0.6 is 0 Å². The van der Waals surface area contributed by atoms with E-state index in [2.05, 4.69) is 23.3 Å². The van der Waals surface area contributed by atoms with E-state index in [1.54, 1.807) is 14.2 Å². The van der Waals surface area contributed by atoms with Crippen molar-refractivity contribution in [2.45, 2.75) is 51.9 Å². The van der Waals surface area contributed by atoms with E-state index in [1.165, 1.54) is 24.8 Å². The Bertz CT molecular complexity index is 1540. The van der Waals surface area contributed by atoms with Crippen molar-refractivity contribution in [3.8, 4) is 22.8 Å². The van der Waals surface area contributed by atoms with Crippen LogP contribution in [0.5, 0.6) is 11.5 Å². The Balaban J connectivity index is 1.57.